The third kappa shape index (κ3) is 1.67. The Morgan fingerprint density at radius 2 is 2.00 bits per heavy atom. The van der Waals surface area contributed by atoms with E-state index in [4.69, 9.17) is 4.74 Å². The summed E-state index contributed by atoms with van der Waals surface area (Å²) in [5.74, 6) is 4.38. The third-order valence-corrected chi connectivity index (χ3v) is 5.38. The molecule has 3 aliphatic carbocycles. The molecule has 1 unspecified atom stereocenters. The highest BCUT2D eigenvalue weighted by atomic mass is 16.5. The lowest BCUT2D eigenvalue weighted by molar-refractivity contribution is -0.118. The van der Waals surface area contributed by atoms with Crippen molar-refractivity contribution in [1.82, 2.24) is 0 Å². The van der Waals surface area contributed by atoms with Crippen molar-refractivity contribution in [3.8, 4) is 5.75 Å². The quantitative estimate of drug-likeness (QED) is 0.904. The second-order valence-corrected chi connectivity index (χ2v) is 6.23. The van der Waals surface area contributed by atoms with Crippen molar-refractivity contribution in [2.75, 3.05) is 12.4 Å². The van der Waals surface area contributed by atoms with Crippen LogP contribution < -0.4 is 10.1 Å². The van der Waals surface area contributed by atoms with Crippen molar-refractivity contribution in [3.05, 3.63) is 24.3 Å². The van der Waals surface area contributed by atoms with E-state index in [1.54, 1.807) is 7.11 Å². The van der Waals surface area contributed by atoms with Crippen LogP contribution in [0.5, 0.6) is 5.75 Å². The summed E-state index contributed by atoms with van der Waals surface area (Å²) >= 11 is 0. The molecular weight excluding hydrogens is 238 g/mol. The fraction of sp³-hybridized carbons (Fsp3) is 0.562. The van der Waals surface area contributed by atoms with Gasteiger partial charge in [0.2, 0.25) is 5.91 Å². The van der Waals surface area contributed by atoms with E-state index < -0.39 is 0 Å². The number of methoxy groups -OCH3 is 1. The molecular formula is C16H19NO2. The number of nitrogens with one attached hydrogen (secondary N) is 1. The van der Waals surface area contributed by atoms with Crippen LogP contribution in [0.4, 0.5) is 5.69 Å². The van der Waals surface area contributed by atoms with Crippen molar-refractivity contribution in [1.29, 1.82) is 0 Å². The van der Waals surface area contributed by atoms with Gasteiger partial charge in [-0.25, -0.2) is 0 Å². The first-order chi connectivity index (χ1) is 9.28. The maximum atomic E-state index is 12.4. The van der Waals surface area contributed by atoms with Gasteiger partial charge in [-0.2, -0.15) is 0 Å². The zero-order chi connectivity index (χ0) is 13.0. The van der Waals surface area contributed by atoms with Gasteiger partial charge < -0.3 is 10.1 Å². The zero-order valence-corrected chi connectivity index (χ0v) is 11.1. The normalized spacial score (nSPS) is 37.8. The Hall–Kier alpha value is -1.51. The lowest BCUT2D eigenvalue weighted by Crippen LogP contribution is -2.18. The molecule has 3 fully saturated rings. The molecule has 1 amide bonds. The first-order valence-electron chi connectivity index (χ1n) is 7.23. The summed E-state index contributed by atoms with van der Waals surface area (Å²) in [7, 11) is 1.64. The van der Waals surface area contributed by atoms with Crippen LogP contribution in [-0.4, -0.2) is 13.0 Å². The number of rotatable bonds is 3. The predicted molar refractivity (Wildman–Crippen MR) is 72.9 cm³/mol. The second kappa shape index (κ2) is 3.99. The molecule has 19 heavy (non-hydrogen) atoms. The number of amides is 1. The molecule has 1 aromatic carbocycles. The summed E-state index contributed by atoms with van der Waals surface area (Å²) in [6.07, 6.45) is 4.10. The second-order valence-electron chi connectivity index (χ2n) is 6.23. The van der Waals surface area contributed by atoms with Gasteiger partial charge in [0.15, 0.2) is 0 Å². The van der Waals surface area contributed by atoms with Crippen LogP contribution in [0, 0.1) is 29.6 Å². The van der Waals surface area contributed by atoms with Crippen molar-refractivity contribution < 1.29 is 9.53 Å². The number of carbonyl (C=O) groups excluding carboxylic acids is 1. The van der Waals surface area contributed by atoms with Gasteiger partial charge in [-0.15, -0.1) is 0 Å². The largest absolute Gasteiger partial charge is 0.497 e. The Morgan fingerprint density at radius 3 is 2.68 bits per heavy atom. The molecule has 2 bridgehead atoms. The minimum absolute atomic E-state index is 0.222. The summed E-state index contributed by atoms with van der Waals surface area (Å²) < 4.78 is 5.18. The van der Waals surface area contributed by atoms with E-state index in [1.807, 2.05) is 24.3 Å². The van der Waals surface area contributed by atoms with Crippen LogP contribution >= 0.6 is 0 Å². The topological polar surface area (TPSA) is 38.3 Å². The maximum absolute atomic E-state index is 12.4. The van der Waals surface area contributed by atoms with Gasteiger partial charge in [0.1, 0.15) is 5.75 Å². The van der Waals surface area contributed by atoms with Crippen LogP contribution in [0.1, 0.15) is 19.3 Å². The number of fused-ring (bicyclic) bond motifs is 5. The molecule has 0 saturated heterocycles. The summed E-state index contributed by atoms with van der Waals surface area (Å²) in [6, 6.07) is 7.60. The molecule has 1 aromatic rings. The van der Waals surface area contributed by atoms with Crippen LogP contribution in [0.3, 0.4) is 0 Å². The van der Waals surface area contributed by atoms with Gasteiger partial charge in [0.25, 0.3) is 0 Å². The predicted octanol–water partition coefficient (Wildman–Crippen LogP) is 2.93. The van der Waals surface area contributed by atoms with E-state index in [9.17, 15) is 4.79 Å². The van der Waals surface area contributed by atoms with Gasteiger partial charge in [-0.3, -0.25) is 4.79 Å². The van der Waals surface area contributed by atoms with Gasteiger partial charge in [-0.05, 0) is 55.1 Å². The monoisotopic (exact) mass is 257 g/mol. The van der Waals surface area contributed by atoms with E-state index in [1.165, 1.54) is 19.3 Å². The Kier molecular flexibility index (Phi) is 2.38. The lowest BCUT2D eigenvalue weighted by atomic mass is 10.0. The van der Waals surface area contributed by atoms with E-state index in [0.717, 1.165) is 23.3 Å². The fourth-order valence-corrected chi connectivity index (χ4v) is 4.60. The number of anilines is 1. The summed E-state index contributed by atoms with van der Waals surface area (Å²) in [6.45, 7) is 0. The first-order valence-corrected chi connectivity index (χ1v) is 7.23. The van der Waals surface area contributed by atoms with E-state index in [2.05, 4.69) is 5.32 Å². The number of ether oxygens (including phenoxy) is 1. The smallest absolute Gasteiger partial charge is 0.228 e. The van der Waals surface area contributed by atoms with Crippen molar-refractivity contribution >= 4 is 11.6 Å². The first kappa shape index (κ1) is 11.3. The van der Waals surface area contributed by atoms with Crippen LogP contribution in [-0.2, 0) is 4.79 Å². The molecule has 0 aromatic heterocycles. The highest BCUT2D eigenvalue weighted by Gasteiger charge is 2.67. The van der Waals surface area contributed by atoms with Crippen molar-refractivity contribution in [2.24, 2.45) is 29.6 Å². The third-order valence-electron chi connectivity index (χ3n) is 5.38. The SMILES string of the molecule is COc1cccc(NC(=O)C2[C@@H]3[C@H]4CC[C@@H](C4)[C@H]23)c1. The molecule has 0 radical (unpaired) electrons. The van der Waals surface area contributed by atoms with E-state index in [0.29, 0.717) is 11.8 Å². The Balaban J connectivity index is 1.45. The molecule has 3 saturated carbocycles. The van der Waals surface area contributed by atoms with E-state index in [-0.39, 0.29) is 11.8 Å². The summed E-state index contributed by atoms with van der Waals surface area (Å²) in [5, 5.41) is 3.06. The molecule has 4 rings (SSSR count). The van der Waals surface area contributed by atoms with Crippen LogP contribution in [0.25, 0.3) is 0 Å². The van der Waals surface area contributed by atoms with Crippen molar-refractivity contribution in [3.63, 3.8) is 0 Å². The molecule has 3 heteroatoms. The Morgan fingerprint density at radius 1 is 1.26 bits per heavy atom. The average Bonchev–Trinajstić information content (AvgIpc) is 2.88. The van der Waals surface area contributed by atoms with Crippen LogP contribution in [0.15, 0.2) is 24.3 Å². The van der Waals surface area contributed by atoms with Gasteiger partial charge in [0.05, 0.1) is 7.11 Å². The molecule has 0 aliphatic heterocycles. The summed E-state index contributed by atoms with van der Waals surface area (Å²) in [5.41, 5.74) is 0.849. The minimum atomic E-state index is 0.222. The van der Waals surface area contributed by atoms with Crippen LogP contribution in [0.2, 0.25) is 0 Å². The number of carbonyl (C=O) groups is 1. The molecule has 3 aliphatic rings. The Labute approximate surface area is 113 Å². The molecule has 100 valence electrons. The lowest BCUT2D eigenvalue weighted by Gasteiger charge is -2.10. The Bertz CT molecular complexity index is 511. The highest BCUT2D eigenvalue weighted by Crippen LogP contribution is 2.69. The fourth-order valence-electron chi connectivity index (χ4n) is 4.60. The van der Waals surface area contributed by atoms with Gasteiger partial charge in [0, 0.05) is 17.7 Å². The number of benzene rings is 1. The highest BCUT2D eigenvalue weighted by molar-refractivity contribution is 5.95. The van der Waals surface area contributed by atoms with Gasteiger partial charge >= 0.3 is 0 Å². The zero-order valence-electron chi connectivity index (χ0n) is 11.1. The molecule has 0 spiro atoms. The van der Waals surface area contributed by atoms with Gasteiger partial charge in [-0.1, -0.05) is 6.07 Å². The molecule has 5 atom stereocenters. The summed E-state index contributed by atoms with van der Waals surface area (Å²) in [4.78, 5) is 12.4. The maximum Gasteiger partial charge on any atom is 0.228 e. The van der Waals surface area contributed by atoms with Crippen molar-refractivity contribution in [2.45, 2.75) is 19.3 Å². The number of hydrogen-bond donors (Lipinski definition) is 1. The number of hydrogen-bond acceptors (Lipinski definition) is 2. The average molecular weight is 257 g/mol. The minimum Gasteiger partial charge on any atom is -0.497 e. The van der Waals surface area contributed by atoms with E-state index >= 15 is 0 Å². The standard InChI is InChI=1S/C16H19NO2/c1-19-12-4-2-3-11(8-12)17-16(18)15-13-9-5-6-10(7-9)14(13)15/h2-4,8-10,13-15H,5-7H2,1H3,(H,17,18)/t9-,10-,13-,14+,15?/m0/s1. The molecule has 0 heterocycles. The molecule has 1 N–H and O–H groups in total. The molecule has 3 nitrogen and oxygen atoms in total.